The molecule has 110 valence electrons. The van der Waals surface area contributed by atoms with Crippen LogP contribution < -0.4 is 4.74 Å². The fourth-order valence-corrected chi connectivity index (χ4v) is 2.17. The highest BCUT2D eigenvalue weighted by Crippen LogP contribution is 2.22. The third-order valence-corrected chi connectivity index (χ3v) is 4.27. The van der Waals surface area contributed by atoms with Crippen LogP contribution in [0, 0.1) is 6.92 Å². The maximum Gasteiger partial charge on any atom is 0.310 e. The van der Waals surface area contributed by atoms with Gasteiger partial charge in [-0.05, 0) is 48.7 Å². The summed E-state index contributed by atoms with van der Waals surface area (Å²) >= 11 is 3.45. The fourth-order valence-electron chi connectivity index (χ4n) is 1.92. The van der Waals surface area contributed by atoms with Gasteiger partial charge in [-0.2, -0.15) is 0 Å². The predicted molar refractivity (Wildman–Crippen MR) is 85.7 cm³/mol. The quantitative estimate of drug-likeness (QED) is 0.863. The number of carboxylic acids is 1. The second-order valence-electron chi connectivity index (χ2n) is 5.00. The van der Waals surface area contributed by atoms with E-state index in [1.807, 2.05) is 49.4 Å². The minimum atomic E-state index is -0.815. The molecule has 1 N–H and O–H groups in total. The SMILES string of the molecule is Cc1cc(OCc2ccc(C(C)C(=O)O)cc2)ccc1Br. The van der Waals surface area contributed by atoms with Gasteiger partial charge in [0.25, 0.3) is 0 Å². The van der Waals surface area contributed by atoms with E-state index >= 15 is 0 Å². The van der Waals surface area contributed by atoms with Crippen molar-refractivity contribution in [1.82, 2.24) is 0 Å². The molecule has 2 rings (SSSR count). The number of hydrogen-bond donors (Lipinski definition) is 1. The predicted octanol–water partition coefficient (Wildman–Crippen LogP) is 4.52. The van der Waals surface area contributed by atoms with E-state index in [0.29, 0.717) is 6.61 Å². The lowest BCUT2D eigenvalue weighted by atomic mass is 10.0. The van der Waals surface area contributed by atoms with Gasteiger partial charge in [-0.25, -0.2) is 0 Å². The second kappa shape index (κ2) is 6.76. The number of halogens is 1. The fraction of sp³-hybridized carbons (Fsp3) is 0.235. The Hall–Kier alpha value is -1.81. The van der Waals surface area contributed by atoms with E-state index in [4.69, 9.17) is 9.84 Å². The Morgan fingerprint density at radius 1 is 1.24 bits per heavy atom. The van der Waals surface area contributed by atoms with Crippen LogP contribution in [0.25, 0.3) is 0 Å². The zero-order chi connectivity index (χ0) is 15.4. The maximum absolute atomic E-state index is 10.9. The van der Waals surface area contributed by atoms with Crippen LogP contribution >= 0.6 is 15.9 Å². The third kappa shape index (κ3) is 4.08. The number of aryl methyl sites for hydroxylation is 1. The Bertz CT molecular complexity index is 635. The van der Waals surface area contributed by atoms with Crippen LogP contribution in [0.15, 0.2) is 46.9 Å². The number of carboxylic acid groups (broad SMARTS) is 1. The molecule has 2 aromatic carbocycles. The summed E-state index contributed by atoms with van der Waals surface area (Å²) in [6, 6.07) is 13.3. The lowest BCUT2D eigenvalue weighted by Gasteiger charge is -2.10. The molecule has 0 aliphatic heterocycles. The van der Waals surface area contributed by atoms with E-state index in [2.05, 4.69) is 15.9 Å². The molecule has 1 atom stereocenters. The summed E-state index contributed by atoms with van der Waals surface area (Å²) < 4.78 is 6.80. The molecule has 0 spiro atoms. The lowest BCUT2D eigenvalue weighted by Crippen LogP contribution is -2.07. The average molecular weight is 349 g/mol. The number of hydrogen-bond acceptors (Lipinski definition) is 2. The highest BCUT2D eigenvalue weighted by atomic mass is 79.9. The molecular weight excluding hydrogens is 332 g/mol. The molecule has 21 heavy (non-hydrogen) atoms. The molecular formula is C17H17BrO3. The van der Waals surface area contributed by atoms with Crippen molar-refractivity contribution < 1.29 is 14.6 Å². The summed E-state index contributed by atoms with van der Waals surface area (Å²) in [6.45, 7) is 4.15. The van der Waals surface area contributed by atoms with Gasteiger partial charge < -0.3 is 9.84 Å². The third-order valence-electron chi connectivity index (χ3n) is 3.39. The standard InChI is InChI=1S/C17H17BrO3/c1-11-9-15(7-8-16(11)18)21-10-13-3-5-14(6-4-13)12(2)17(19)20/h3-9,12H,10H2,1-2H3,(H,19,20). The van der Waals surface area contributed by atoms with Crippen LogP contribution in [0.3, 0.4) is 0 Å². The van der Waals surface area contributed by atoms with Gasteiger partial charge in [0.2, 0.25) is 0 Å². The van der Waals surface area contributed by atoms with Gasteiger partial charge in [0.05, 0.1) is 5.92 Å². The molecule has 0 saturated carbocycles. The van der Waals surface area contributed by atoms with Crippen molar-refractivity contribution in [2.24, 2.45) is 0 Å². The monoisotopic (exact) mass is 348 g/mol. The zero-order valence-electron chi connectivity index (χ0n) is 12.0. The first kappa shape index (κ1) is 15.6. The number of ether oxygens (including phenoxy) is 1. The van der Waals surface area contributed by atoms with Gasteiger partial charge in [0, 0.05) is 4.47 Å². The minimum Gasteiger partial charge on any atom is -0.489 e. The van der Waals surface area contributed by atoms with E-state index in [9.17, 15) is 4.79 Å². The van der Waals surface area contributed by atoms with Crippen LogP contribution in [0.5, 0.6) is 5.75 Å². The molecule has 0 aliphatic rings. The molecule has 0 aliphatic carbocycles. The van der Waals surface area contributed by atoms with Crippen LogP contribution in [0.1, 0.15) is 29.5 Å². The molecule has 4 heteroatoms. The Labute approximate surface area is 132 Å². The molecule has 0 saturated heterocycles. The summed E-state index contributed by atoms with van der Waals surface area (Å²) in [7, 11) is 0. The zero-order valence-corrected chi connectivity index (χ0v) is 13.6. The van der Waals surface area contributed by atoms with Crippen molar-refractivity contribution in [1.29, 1.82) is 0 Å². The highest BCUT2D eigenvalue weighted by Gasteiger charge is 2.12. The molecule has 0 fully saturated rings. The topological polar surface area (TPSA) is 46.5 Å². The Morgan fingerprint density at radius 2 is 1.90 bits per heavy atom. The van der Waals surface area contributed by atoms with Crippen LogP contribution in [0.2, 0.25) is 0 Å². The number of aliphatic carboxylic acids is 1. The molecule has 1 unspecified atom stereocenters. The Morgan fingerprint density at radius 3 is 2.48 bits per heavy atom. The average Bonchev–Trinajstić information content (AvgIpc) is 2.48. The van der Waals surface area contributed by atoms with Gasteiger partial charge in [-0.3, -0.25) is 4.79 Å². The minimum absolute atomic E-state index is 0.461. The van der Waals surface area contributed by atoms with Crippen molar-refractivity contribution in [3.63, 3.8) is 0 Å². The Kier molecular flexibility index (Phi) is 5.02. The van der Waals surface area contributed by atoms with Gasteiger partial charge in [-0.1, -0.05) is 40.2 Å². The smallest absolute Gasteiger partial charge is 0.310 e. The highest BCUT2D eigenvalue weighted by molar-refractivity contribution is 9.10. The summed E-state index contributed by atoms with van der Waals surface area (Å²) in [5.74, 6) is -0.489. The Balaban J connectivity index is 2.00. The summed E-state index contributed by atoms with van der Waals surface area (Å²) in [4.78, 5) is 10.9. The molecule has 0 radical (unpaired) electrons. The molecule has 3 nitrogen and oxygen atoms in total. The van der Waals surface area contributed by atoms with E-state index in [-0.39, 0.29) is 0 Å². The van der Waals surface area contributed by atoms with E-state index < -0.39 is 11.9 Å². The van der Waals surface area contributed by atoms with E-state index in [1.165, 1.54) is 0 Å². The van der Waals surface area contributed by atoms with Crippen molar-refractivity contribution in [2.45, 2.75) is 26.4 Å². The van der Waals surface area contributed by atoms with E-state index in [1.54, 1.807) is 6.92 Å². The molecule has 0 aromatic heterocycles. The van der Waals surface area contributed by atoms with Gasteiger partial charge in [-0.15, -0.1) is 0 Å². The van der Waals surface area contributed by atoms with Gasteiger partial charge in [0.15, 0.2) is 0 Å². The van der Waals surface area contributed by atoms with Crippen LogP contribution in [-0.2, 0) is 11.4 Å². The van der Waals surface area contributed by atoms with Crippen molar-refractivity contribution in [3.8, 4) is 5.75 Å². The number of carbonyl (C=O) groups is 1. The van der Waals surface area contributed by atoms with Crippen LogP contribution in [-0.4, -0.2) is 11.1 Å². The lowest BCUT2D eigenvalue weighted by molar-refractivity contribution is -0.138. The first-order valence-electron chi connectivity index (χ1n) is 6.68. The van der Waals surface area contributed by atoms with Gasteiger partial charge >= 0.3 is 5.97 Å². The summed E-state index contributed by atoms with van der Waals surface area (Å²) in [5, 5.41) is 8.98. The first-order chi connectivity index (χ1) is 9.97. The van der Waals surface area contributed by atoms with Crippen LogP contribution in [0.4, 0.5) is 0 Å². The molecule has 0 heterocycles. The van der Waals surface area contributed by atoms with Crippen molar-refractivity contribution >= 4 is 21.9 Å². The van der Waals surface area contributed by atoms with Gasteiger partial charge in [0.1, 0.15) is 12.4 Å². The second-order valence-corrected chi connectivity index (χ2v) is 5.86. The van der Waals surface area contributed by atoms with Crippen molar-refractivity contribution in [3.05, 3.63) is 63.6 Å². The number of rotatable bonds is 5. The molecule has 0 bridgehead atoms. The maximum atomic E-state index is 10.9. The largest absolute Gasteiger partial charge is 0.489 e. The molecule has 2 aromatic rings. The summed E-state index contributed by atoms with van der Waals surface area (Å²) in [6.07, 6.45) is 0. The summed E-state index contributed by atoms with van der Waals surface area (Å²) in [5.41, 5.74) is 2.93. The van der Waals surface area contributed by atoms with E-state index in [0.717, 1.165) is 26.9 Å². The normalized spacial score (nSPS) is 12.0. The number of benzene rings is 2. The van der Waals surface area contributed by atoms with Crippen molar-refractivity contribution in [2.75, 3.05) is 0 Å². The molecule has 0 amide bonds. The first-order valence-corrected chi connectivity index (χ1v) is 7.47.